The summed E-state index contributed by atoms with van der Waals surface area (Å²) in [6.07, 6.45) is 2.96. The van der Waals surface area contributed by atoms with E-state index in [1.165, 1.54) is 6.42 Å². The van der Waals surface area contributed by atoms with Gasteiger partial charge in [0.2, 0.25) is 5.88 Å². The second kappa shape index (κ2) is 7.81. The molecule has 1 heterocycles. The van der Waals surface area contributed by atoms with Crippen molar-refractivity contribution in [2.45, 2.75) is 32.5 Å². The molecule has 5 nitrogen and oxygen atoms in total. The lowest BCUT2D eigenvalue weighted by Gasteiger charge is -2.14. The maximum atomic E-state index is 5.89. The quantitative estimate of drug-likeness (QED) is 0.634. The average molecular weight is 324 g/mol. The van der Waals surface area contributed by atoms with Crippen molar-refractivity contribution in [1.82, 2.24) is 15.6 Å². The van der Waals surface area contributed by atoms with Gasteiger partial charge >= 0.3 is 0 Å². The molecule has 24 heavy (non-hydrogen) atoms. The SMILES string of the molecule is CN=C(NCc1cccnc1OCc1ccccc1)NC1CC1C. The number of aliphatic imine (C=N–C) groups is 1. The minimum atomic E-state index is 0.511. The number of ether oxygens (including phenoxy) is 1. The highest BCUT2D eigenvalue weighted by atomic mass is 16.5. The number of rotatable bonds is 6. The number of pyridine rings is 1. The molecule has 1 fully saturated rings. The lowest BCUT2D eigenvalue weighted by Crippen LogP contribution is -2.38. The van der Waals surface area contributed by atoms with Crippen LogP contribution in [0.5, 0.6) is 5.88 Å². The molecule has 1 saturated carbocycles. The van der Waals surface area contributed by atoms with E-state index in [-0.39, 0.29) is 0 Å². The van der Waals surface area contributed by atoms with Gasteiger partial charge in [-0.3, -0.25) is 4.99 Å². The third kappa shape index (κ3) is 4.47. The van der Waals surface area contributed by atoms with Gasteiger partial charge in [0.05, 0.1) is 0 Å². The first-order valence-corrected chi connectivity index (χ1v) is 8.34. The van der Waals surface area contributed by atoms with Crippen LogP contribution in [0.4, 0.5) is 0 Å². The summed E-state index contributed by atoms with van der Waals surface area (Å²) in [5, 5.41) is 6.75. The van der Waals surface area contributed by atoms with E-state index >= 15 is 0 Å². The minimum absolute atomic E-state index is 0.511. The van der Waals surface area contributed by atoms with Gasteiger partial charge in [-0.2, -0.15) is 0 Å². The van der Waals surface area contributed by atoms with Crippen molar-refractivity contribution in [3.05, 3.63) is 59.8 Å². The Hall–Kier alpha value is -2.56. The summed E-state index contributed by atoms with van der Waals surface area (Å²) in [5.41, 5.74) is 2.14. The second-order valence-electron chi connectivity index (χ2n) is 6.13. The third-order valence-electron chi connectivity index (χ3n) is 4.17. The average Bonchev–Trinajstić information content (AvgIpc) is 3.33. The van der Waals surface area contributed by atoms with Gasteiger partial charge in [0.15, 0.2) is 5.96 Å². The second-order valence-corrected chi connectivity index (χ2v) is 6.13. The molecule has 2 aromatic rings. The number of hydrogen-bond donors (Lipinski definition) is 2. The van der Waals surface area contributed by atoms with E-state index in [0.717, 1.165) is 23.0 Å². The zero-order valence-corrected chi connectivity index (χ0v) is 14.2. The molecule has 0 amide bonds. The molecule has 1 aliphatic carbocycles. The molecule has 1 aromatic carbocycles. The van der Waals surface area contributed by atoms with Crippen molar-refractivity contribution >= 4 is 5.96 Å². The van der Waals surface area contributed by atoms with E-state index in [1.54, 1.807) is 13.2 Å². The van der Waals surface area contributed by atoms with Gasteiger partial charge in [0.25, 0.3) is 0 Å². The van der Waals surface area contributed by atoms with Crippen molar-refractivity contribution in [1.29, 1.82) is 0 Å². The molecule has 0 saturated heterocycles. The van der Waals surface area contributed by atoms with Gasteiger partial charge in [-0.05, 0) is 24.0 Å². The van der Waals surface area contributed by atoms with E-state index < -0.39 is 0 Å². The molecule has 1 aliphatic rings. The van der Waals surface area contributed by atoms with Crippen molar-refractivity contribution in [3.63, 3.8) is 0 Å². The van der Waals surface area contributed by atoms with Crippen LogP contribution in [0.1, 0.15) is 24.5 Å². The molecular weight excluding hydrogens is 300 g/mol. The fourth-order valence-corrected chi connectivity index (χ4v) is 2.49. The molecule has 0 aliphatic heterocycles. The lowest BCUT2D eigenvalue weighted by molar-refractivity contribution is 0.290. The van der Waals surface area contributed by atoms with Crippen LogP contribution in [-0.4, -0.2) is 24.0 Å². The summed E-state index contributed by atoms with van der Waals surface area (Å²) in [4.78, 5) is 8.63. The van der Waals surface area contributed by atoms with Crippen LogP contribution < -0.4 is 15.4 Å². The molecule has 3 rings (SSSR count). The summed E-state index contributed by atoms with van der Waals surface area (Å²) >= 11 is 0. The topological polar surface area (TPSA) is 58.5 Å². The maximum Gasteiger partial charge on any atom is 0.218 e. The lowest BCUT2D eigenvalue weighted by atomic mass is 10.2. The highest BCUT2D eigenvalue weighted by Gasteiger charge is 2.33. The molecule has 5 heteroatoms. The molecule has 1 aromatic heterocycles. The Morgan fingerprint density at radius 2 is 2.04 bits per heavy atom. The third-order valence-corrected chi connectivity index (χ3v) is 4.17. The molecule has 2 N–H and O–H groups in total. The predicted molar refractivity (Wildman–Crippen MR) is 95.9 cm³/mol. The summed E-state index contributed by atoms with van der Waals surface area (Å²) in [6, 6.07) is 14.6. The smallest absolute Gasteiger partial charge is 0.218 e. The normalized spacial score (nSPS) is 19.7. The molecule has 2 unspecified atom stereocenters. The van der Waals surface area contributed by atoms with Crippen molar-refractivity contribution < 1.29 is 4.74 Å². The first kappa shape index (κ1) is 16.3. The van der Waals surface area contributed by atoms with Gasteiger partial charge in [-0.15, -0.1) is 0 Å². The highest BCUT2D eigenvalue weighted by molar-refractivity contribution is 5.80. The molecule has 2 atom stereocenters. The van der Waals surface area contributed by atoms with Crippen LogP contribution in [-0.2, 0) is 13.2 Å². The van der Waals surface area contributed by atoms with Crippen LogP contribution in [0.3, 0.4) is 0 Å². The largest absolute Gasteiger partial charge is 0.473 e. The van der Waals surface area contributed by atoms with E-state index in [1.807, 2.05) is 42.5 Å². The van der Waals surface area contributed by atoms with Gasteiger partial charge in [-0.1, -0.05) is 43.3 Å². The Kier molecular flexibility index (Phi) is 5.31. The maximum absolute atomic E-state index is 5.89. The van der Waals surface area contributed by atoms with Gasteiger partial charge in [-0.25, -0.2) is 4.98 Å². The summed E-state index contributed by atoms with van der Waals surface area (Å²) in [7, 11) is 1.79. The van der Waals surface area contributed by atoms with E-state index in [4.69, 9.17) is 4.74 Å². The van der Waals surface area contributed by atoms with Gasteiger partial charge in [0, 0.05) is 31.4 Å². The van der Waals surface area contributed by atoms with Crippen LogP contribution in [0.2, 0.25) is 0 Å². The van der Waals surface area contributed by atoms with Crippen molar-refractivity contribution in [3.8, 4) is 5.88 Å². The van der Waals surface area contributed by atoms with E-state index in [9.17, 15) is 0 Å². The fourth-order valence-electron chi connectivity index (χ4n) is 2.49. The summed E-state index contributed by atoms with van der Waals surface area (Å²) < 4.78 is 5.89. The Morgan fingerprint density at radius 1 is 1.25 bits per heavy atom. The predicted octanol–water partition coefficient (Wildman–Crippen LogP) is 2.73. The Bertz CT molecular complexity index is 687. The van der Waals surface area contributed by atoms with Gasteiger partial charge < -0.3 is 15.4 Å². The van der Waals surface area contributed by atoms with Crippen molar-refractivity contribution in [2.24, 2.45) is 10.9 Å². The minimum Gasteiger partial charge on any atom is -0.473 e. The van der Waals surface area contributed by atoms with Crippen LogP contribution in [0.15, 0.2) is 53.7 Å². The molecule has 0 radical (unpaired) electrons. The van der Waals surface area contributed by atoms with E-state index in [2.05, 4.69) is 27.5 Å². The number of nitrogens with zero attached hydrogens (tertiary/aromatic N) is 2. The highest BCUT2D eigenvalue weighted by Crippen LogP contribution is 2.28. The number of hydrogen-bond acceptors (Lipinski definition) is 3. The number of benzene rings is 1. The zero-order chi connectivity index (χ0) is 16.8. The number of nitrogens with one attached hydrogen (secondary N) is 2. The molecule has 0 bridgehead atoms. The van der Waals surface area contributed by atoms with Crippen molar-refractivity contribution in [2.75, 3.05) is 7.05 Å². The Labute approximate surface area is 143 Å². The molecule has 0 spiro atoms. The van der Waals surface area contributed by atoms with Gasteiger partial charge in [0.1, 0.15) is 6.61 Å². The summed E-state index contributed by atoms with van der Waals surface area (Å²) in [6.45, 7) is 3.37. The number of guanidine groups is 1. The molecule has 126 valence electrons. The van der Waals surface area contributed by atoms with Crippen LogP contribution in [0, 0.1) is 5.92 Å². The van der Waals surface area contributed by atoms with Crippen LogP contribution in [0.25, 0.3) is 0 Å². The first-order valence-electron chi connectivity index (χ1n) is 8.34. The first-order chi connectivity index (χ1) is 11.8. The Morgan fingerprint density at radius 3 is 2.75 bits per heavy atom. The standard InChI is InChI=1S/C19H24N4O/c1-14-11-17(14)23-19(20-2)22-12-16-9-6-10-21-18(16)24-13-15-7-4-3-5-8-15/h3-10,14,17H,11-13H2,1-2H3,(H2,20,22,23). The van der Waals surface area contributed by atoms with E-state index in [0.29, 0.717) is 25.1 Å². The monoisotopic (exact) mass is 324 g/mol. The Balaban J connectivity index is 1.57. The zero-order valence-electron chi connectivity index (χ0n) is 14.2. The number of aromatic nitrogens is 1. The fraction of sp³-hybridized carbons (Fsp3) is 0.368. The van der Waals surface area contributed by atoms with Crippen LogP contribution >= 0.6 is 0 Å². The summed E-state index contributed by atoms with van der Waals surface area (Å²) in [5.74, 6) is 2.21. The molecular formula is C19H24N4O.